The Hall–Kier alpha value is -3.88. The number of halogens is 2. The molecule has 0 bridgehead atoms. The Labute approximate surface area is 199 Å². The van der Waals surface area contributed by atoms with Crippen molar-refractivity contribution in [2.24, 2.45) is 5.10 Å². The molecule has 0 aliphatic heterocycles. The number of nitrogens with zero attached hydrogens (tertiary/aromatic N) is 1. The monoisotopic (exact) mass is 484 g/mol. The molecule has 3 N–H and O–H groups in total. The van der Waals surface area contributed by atoms with E-state index in [0.717, 1.165) is 0 Å². The number of para-hydroxylation sites is 2. The molecule has 168 valence electrons. The molecule has 0 saturated heterocycles. The summed E-state index contributed by atoms with van der Waals surface area (Å²) in [5, 5.41) is 9.64. The summed E-state index contributed by atoms with van der Waals surface area (Å²) in [7, 11) is 0. The van der Waals surface area contributed by atoms with Gasteiger partial charge in [-0.3, -0.25) is 14.4 Å². The van der Waals surface area contributed by atoms with Gasteiger partial charge < -0.3 is 15.4 Å². The van der Waals surface area contributed by atoms with Crippen LogP contribution in [-0.2, 0) is 14.4 Å². The largest absolute Gasteiger partial charge is 0.483 e. The molecule has 0 atom stereocenters. The molecule has 3 aromatic carbocycles. The van der Waals surface area contributed by atoms with Crippen molar-refractivity contribution in [1.29, 1.82) is 0 Å². The van der Waals surface area contributed by atoms with Gasteiger partial charge in [-0.05, 0) is 42.5 Å². The maximum atomic E-state index is 12.1. The zero-order valence-electron chi connectivity index (χ0n) is 17.0. The highest BCUT2D eigenvalue weighted by Gasteiger charge is 2.14. The van der Waals surface area contributed by atoms with E-state index in [2.05, 4.69) is 21.2 Å². The van der Waals surface area contributed by atoms with Crippen LogP contribution in [0.2, 0.25) is 10.0 Å². The van der Waals surface area contributed by atoms with Crippen molar-refractivity contribution >= 4 is 58.5 Å². The molecule has 3 aromatic rings. The van der Waals surface area contributed by atoms with Crippen LogP contribution in [0, 0.1) is 0 Å². The molecule has 0 radical (unpaired) electrons. The van der Waals surface area contributed by atoms with Crippen LogP contribution >= 0.6 is 23.2 Å². The van der Waals surface area contributed by atoms with Gasteiger partial charge >= 0.3 is 11.8 Å². The Bertz CT molecular complexity index is 1200. The van der Waals surface area contributed by atoms with Gasteiger partial charge in [-0.25, -0.2) is 5.43 Å². The number of nitrogens with one attached hydrogen (secondary N) is 3. The van der Waals surface area contributed by atoms with Gasteiger partial charge in [-0.15, -0.1) is 0 Å². The van der Waals surface area contributed by atoms with Gasteiger partial charge in [0.15, 0.2) is 6.61 Å². The van der Waals surface area contributed by atoms with Crippen LogP contribution in [0.25, 0.3) is 0 Å². The van der Waals surface area contributed by atoms with E-state index in [9.17, 15) is 14.4 Å². The van der Waals surface area contributed by atoms with Crippen molar-refractivity contribution in [3.63, 3.8) is 0 Å². The van der Waals surface area contributed by atoms with Crippen molar-refractivity contribution < 1.29 is 19.1 Å². The second-order valence-electron chi connectivity index (χ2n) is 6.52. The van der Waals surface area contributed by atoms with Crippen molar-refractivity contribution in [3.8, 4) is 5.75 Å². The number of hydrazone groups is 1. The first-order valence-electron chi connectivity index (χ1n) is 9.58. The maximum Gasteiger partial charge on any atom is 0.329 e. The van der Waals surface area contributed by atoms with Crippen LogP contribution < -0.4 is 20.8 Å². The average molecular weight is 485 g/mol. The first-order valence-corrected chi connectivity index (χ1v) is 10.3. The van der Waals surface area contributed by atoms with E-state index < -0.39 is 11.8 Å². The van der Waals surface area contributed by atoms with E-state index in [1.54, 1.807) is 72.8 Å². The standard InChI is InChI=1S/C23H18Cl2N4O4/c24-16-7-5-8-17(12-16)27-21(30)14-33-20-11-4-1-6-15(20)13-26-29-23(32)22(31)28-19-10-3-2-9-18(19)25/h1-13H,14H2,(H,27,30)(H,28,31)(H,29,32)/b26-13-. The van der Waals surface area contributed by atoms with Crippen LogP contribution in [0.4, 0.5) is 11.4 Å². The van der Waals surface area contributed by atoms with Crippen molar-refractivity contribution in [2.75, 3.05) is 17.2 Å². The van der Waals surface area contributed by atoms with Gasteiger partial charge in [0.05, 0.1) is 16.9 Å². The predicted octanol–water partition coefficient (Wildman–Crippen LogP) is 4.10. The molecular weight excluding hydrogens is 467 g/mol. The fourth-order valence-electron chi connectivity index (χ4n) is 2.58. The zero-order chi connectivity index (χ0) is 23.6. The summed E-state index contributed by atoms with van der Waals surface area (Å²) in [6.07, 6.45) is 1.30. The first kappa shape index (κ1) is 23.8. The number of carbonyl (C=O) groups excluding carboxylic acids is 3. The summed E-state index contributed by atoms with van der Waals surface area (Å²) >= 11 is 11.9. The SMILES string of the molecule is O=C(COc1ccccc1/C=N\NC(=O)C(=O)Nc1ccccc1Cl)Nc1cccc(Cl)c1. The molecule has 33 heavy (non-hydrogen) atoms. The summed E-state index contributed by atoms with van der Waals surface area (Å²) in [6, 6.07) is 20.0. The Morgan fingerprint density at radius 2 is 1.64 bits per heavy atom. The molecule has 0 saturated carbocycles. The van der Waals surface area contributed by atoms with E-state index in [4.69, 9.17) is 27.9 Å². The quantitative estimate of drug-likeness (QED) is 0.266. The summed E-state index contributed by atoms with van der Waals surface area (Å²) in [5.74, 6) is -1.93. The minimum absolute atomic E-state index is 0.260. The topological polar surface area (TPSA) is 109 Å². The number of anilines is 2. The third-order valence-corrected chi connectivity index (χ3v) is 4.65. The molecule has 3 amide bonds. The molecule has 0 unspecified atom stereocenters. The Morgan fingerprint density at radius 3 is 2.42 bits per heavy atom. The summed E-state index contributed by atoms with van der Waals surface area (Å²) in [5.41, 5.74) is 3.46. The summed E-state index contributed by atoms with van der Waals surface area (Å²) in [6.45, 7) is -0.260. The number of carbonyl (C=O) groups is 3. The van der Waals surface area contributed by atoms with Crippen LogP contribution in [-0.4, -0.2) is 30.5 Å². The number of benzene rings is 3. The van der Waals surface area contributed by atoms with Crippen LogP contribution in [0.3, 0.4) is 0 Å². The second kappa shape index (κ2) is 11.7. The molecule has 10 heteroatoms. The van der Waals surface area contributed by atoms with Crippen molar-refractivity contribution in [3.05, 3.63) is 88.4 Å². The fraction of sp³-hybridized carbons (Fsp3) is 0.0435. The van der Waals surface area contributed by atoms with Crippen LogP contribution in [0.5, 0.6) is 5.75 Å². The highest BCUT2D eigenvalue weighted by Crippen LogP contribution is 2.20. The Morgan fingerprint density at radius 1 is 0.879 bits per heavy atom. The minimum Gasteiger partial charge on any atom is -0.483 e. The smallest absolute Gasteiger partial charge is 0.329 e. The van der Waals surface area contributed by atoms with Gasteiger partial charge in [-0.1, -0.05) is 53.5 Å². The second-order valence-corrected chi connectivity index (χ2v) is 7.36. The van der Waals surface area contributed by atoms with Gasteiger partial charge in [-0.2, -0.15) is 5.10 Å². The highest BCUT2D eigenvalue weighted by atomic mass is 35.5. The molecule has 0 aliphatic rings. The Kier molecular flexibility index (Phi) is 8.40. The number of ether oxygens (including phenoxy) is 1. The van der Waals surface area contributed by atoms with E-state index in [1.807, 2.05) is 0 Å². The van der Waals surface area contributed by atoms with Gasteiger partial charge in [0, 0.05) is 16.3 Å². The normalized spacial score (nSPS) is 10.5. The number of hydrogen-bond acceptors (Lipinski definition) is 5. The van der Waals surface area contributed by atoms with Gasteiger partial charge in [0.1, 0.15) is 5.75 Å². The first-order chi connectivity index (χ1) is 15.9. The molecule has 8 nitrogen and oxygen atoms in total. The van der Waals surface area contributed by atoms with E-state index in [1.165, 1.54) is 6.21 Å². The molecular formula is C23H18Cl2N4O4. The molecule has 0 aromatic heterocycles. The lowest BCUT2D eigenvalue weighted by Gasteiger charge is -2.10. The molecule has 0 fully saturated rings. The maximum absolute atomic E-state index is 12.1. The number of hydrogen-bond donors (Lipinski definition) is 3. The van der Waals surface area contributed by atoms with E-state index in [-0.39, 0.29) is 12.5 Å². The lowest BCUT2D eigenvalue weighted by atomic mass is 10.2. The lowest BCUT2D eigenvalue weighted by Crippen LogP contribution is -2.32. The predicted molar refractivity (Wildman–Crippen MR) is 128 cm³/mol. The van der Waals surface area contributed by atoms with Crippen molar-refractivity contribution in [1.82, 2.24) is 5.43 Å². The number of amides is 3. The Balaban J connectivity index is 1.54. The third kappa shape index (κ3) is 7.34. The third-order valence-electron chi connectivity index (χ3n) is 4.08. The minimum atomic E-state index is -0.981. The summed E-state index contributed by atoms with van der Waals surface area (Å²) < 4.78 is 5.56. The zero-order valence-corrected chi connectivity index (χ0v) is 18.6. The van der Waals surface area contributed by atoms with E-state index >= 15 is 0 Å². The molecule has 3 rings (SSSR count). The highest BCUT2D eigenvalue weighted by molar-refractivity contribution is 6.41. The fourth-order valence-corrected chi connectivity index (χ4v) is 2.95. The van der Waals surface area contributed by atoms with Gasteiger partial charge in [0.2, 0.25) is 0 Å². The molecule has 0 heterocycles. The van der Waals surface area contributed by atoms with E-state index in [0.29, 0.717) is 32.7 Å². The number of rotatable bonds is 7. The average Bonchev–Trinajstić information content (AvgIpc) is 2.80. The summed E-state index contributed by atoms with van der Waals surface area (Å²) in [4.78, 5) is 36.1. The lowest BCUT2D eigenvalue weighted by molar-refractivity contribution is -0.136. The molecule has 0 spiro atoms. The van der Waals surface area contributed by atoms with Gasteiger partial charge in [0.25, 0.3) is 5.91 Å². The van der Waals surface area contributed by atoms with Crippen molar-refractivity contribution in [2.45, 2.75) is 0 Å². The van der Waals surface area contributed by atoms with Crippen LogP contribution in [0.1, 0.15) is 5.56 Å². The molecule has 0 aliphatic carbocycles. The van der Waals surface area contributed by atoms with Crippen LogP contribution in [0.15, 0.2) is 77.9 Å².